The molecule has 1 saturated carbocycles. The van der Waals surface area contributed by atoms with E-state index in [4.69, 9.17) is 9.51 Å². The molecule has 0 unspecified atom stereocenters. The highest BCUT2D eigenvalue weighted by molar-refractivity contribution is 6.02. The molecular weight excluding hydrogens is 480 g/mol. The van der Waals surface area contributed by atoms with Crippen LogP contribution in [-0.4, -0.2) is 62.5 Å². The van der Waals surface area contributed by atoms with Crippen molar-refractivity contribution in [3.63, 3.8) is 0 Å². The highest BCUT2D eigenvalue weighted by atomic mass is 16.5. The summed E-state index contributed by atoms with van der Waals surface area (Å²) in [5, 5.41) is 7.05. The predicted molar refractivity (Wildman–Crippen MR) is 145 cm³/mol. The van der Waals surface area contributed by atoms with E-state index in [0.717, 1.165) is 68.7 Å². The number of hydrogen-bond acceptors (Lipinski definition) is 6. The van der Waals surface area contributed by atoms with Gasteiger partial charge in [-0.3, -0.25) is 19.8 Å². The van der Waals surface area contributed by atoms with Crippen LogP contribution >= 0.6 is 0 Å². The summed E-state index contributed by atoms with van der Waals surface area (Å²) in [4.78, 5) is 34.6. The molecule has 4 heterocycles. The third-order valence-corrected chi connectivity index (χ3v) is 8.55. The largest absolute Gasteiger partial charge is 0.351 e. The standard InChI is InChI=1S/C29H36N6O3/c1-4-26(36)34-12-9-29(18-34)15-21(16-29)35-24-8-7-20(17-33-10-5-6-11-33)13-23(24)30-28(35)31-27(37)25-14-22(19(2)3)32-38-25/h4,7-8,13-14,19,21H,1,5-6,9-12,15-18H2,2-3H3,(H,30,31,37). The molecule has 6 rings (SSSR count). The summed E-state index contributed by atoms with van der Waals surface area (Å²) < 4.78 is 7.52. The van der Waals surface area contributed by atoms with E-state index in [1.54, 1.807) is 6.07 Å². The van der Waals surface area contributed by atoms with Crippen LogP contribution in [0.5, 0.6) is 0 Å². The summed E-state index contributed by atoms with van der Waals surface area (Å²) in [5.74, 6) is 0.536. The van der Waals surface area contributed by atoms with E-state index in [9.17, 15) is 9.59 Å². The van der Waals surface area contributed by atoms with Crippen LogP contribution in [-0.2, 0) is 11.3 Å². The summed E-state index contributed by atoms with van der Waals surface area (Å²) >= 11 is 0. The molecule has 200 valence electrons. The molecule has 3 aromatic rings. The first-order valence-electron chi connectivity index (χ1n) is 13.8. The quantitative estimate of drug-likeness (QED) is 0.456. The molecule has 0 bridgehead atoms. The van der Waals surface area contributed by atoms with E-state index < -0.39 is 0 Å². The number of nitrogens with zero attached hydrogens (tertiary/aromatic N) is 5. The normalized spacial score (nSPS) is 23.4. The van der Waals surface area contributed by atoms with Crippen molar-refractivity contribution in [3.05, 3.63) is 53.9 Å². The molecule has 2 amide bonds. The van der Waals surface area contributed by atoms with Crippen LogP contribution in [0, 0.1) is 5.41 Å². The minimum atomic E-state index is -0.351. The van der Waals surface area contributed by atoms with Crippen molar-refractivity contribution in [3.8, 4) is 0 Å². The fourth-order valence-electron chi connectivity index (χ4n) is 6.44. The minimum Gasteiger partial charge on any atom is -0.351 e. The molecule has 3 fully saturated rings. The monoisotopic (exact) mass is 516 g/mol. The van der Waals surface area contributed by atoms with Gasteiger partial charge in [0.1, 0.15) is 0 Å². The lowest BCUT2D eigenvalue weighted by atomic mass is 9.64. The number of carbonyl (C=O) groups excluding carboxylic acids is 2. The Bertz CT molecular complexity index is 1380. The Labute approximate surface area is 222 Å². The molecule has 2 aliphatic heterocycles. The van der Waals surface area contributed by atoms with Crippen molar-refractivity contribution in [1.82, 2.24) is 24.5 Å². The Morgan fingerprint density at radius 1 is 1.21 bits per heavy atom. The molecule has 1 N–H and O–H groups in total. The van der Waals surface area contributed by atoms with Crippen LogP contribution in [0.1, 0.15) is 79.7 Å². The first kappa shape index (κ1) is 24.9. The van der Waals surface area contributed by atoms with Crippen molar-refractivity contribution in [2.75, 3.05) is 31.5 Å². The molecule has 0 atom stereocenters. The molecule has 9 heteroatoms. The topological polar surface area (TPSA) is 96.5 Å². The Kier molecular flexibility index (Phi) is 6.34. The molecule has 1 aliphatic carbocycles. The van der Waals surface area contributed by atoms with E-state index in [2.05, 4.69) is 44.7 Å². The SMILES string of the molecule is C=CC(=O)N1CCC2(CC(n3c(NC(=O)c4cc(C(C)C)no4)nc4cc(CN5CCCC5)ccc43)C2)C1. The van der Waals surface area contributed by atoms with Gasteiger partial charge in [-0.25, -0.2) is 4.98 Å². The average molecular weight is 517 g/mol. The van der Waals surface area contributed by atoms with Gasteiger partial charge in [0, 0.05) is 31.7 Å². The molecule has 1 spiro atoms. The van der Waals surface area contributed by atoms with Gasteiger partial charge in [-0.15, -0.1) is 0 Å². The lowest BCUT2D eigenvalue weighted by Crippen LogP contribution is -2.42. The lowest BCUT2D eigenvalue weighted by Gasteiger charge is -2.46. The van der Waals surface area contributed by atoms with E-state index in [-0.39, 0.29) is 34.9 Å². The van der Waals surface area contributed by atoms with Gasteiger partial charge in [0.05, 0.1) is 16.7 Å². The van der Waals surface area contributed by atoms with Gasteiger partial charge in [0.25, 0.3) is 5.91 Å². The Balaban J connectivity index is 1.28. The molecular formula is C29H36N6O3. The van der Waals surface area contributed by atoms with Gasteiger partial charge in [0.2, 0.25) is 17.6 Å². The number of imidazole rings is 1. The van der Waals surface area contributed by atoms with E-state index in [1.165, 1.54) is 24.5 Å². The van der Waals surface area contributed by atoms with E-state index >= 15 is 0 Å². The minimum absolute atomic E-state index is 0.00436. The third-order valence-electron chi connectivity index (χ3n) is 8.55. The first-order valence-corrected chi connectivity index (χ1v) is 13.8. The van der Waals surface area contributed by atoms with E-state index in [0.29, 0.717) is 5.95 Å². The highest BCUT2D eigenvalue weighted by Crippen LogP contribution is 2.55. The Hall–Kier alpha value is -3.46. The zero-order chi connectivity index (χ0) is 26.4. The summed E-state index contributed by atoms with van der Waals surface area (Å²) in [7, 11) is 0. The van der Waals surface area contributed by atoms with Gasteiger partial charge in [-0.1, -0.05) is 31.6 Å². The number of benzene rings is 1. The van der Waals surface area contributed by atoms with Crippen molar-refractivity contribution in [2.45, 2.75) is 64.5 Å². The summed E-state index contributed by atoms with van der Waals surface area (Å²) in [6.45, 7) is 12.4. The summed E-state index contributed by atoms with van der Waals surface area (Å²) in [6, 6.07) is 8.37. The number of amides is 2. The fraction of sp³-hybridized carbons (Fsp3) is 0.517. The van der Waals surface area contributed by atoms with Gasteiger partial charge < -0.3 is 14.0 Å². The van der Waals surface area contributed by atoms with E-state index in [1.807, 2.05) is 18.7 Å². The van der Waals surface area contributed by atoms with Crippen LogP contribution in [0.3, 0.4) is 0 Å². The van der Waals surface area contributed by atoms with Crippen molar-refractivity contribution in [1.29, 1.82) is 0 Å². The molecule has 0 radical (unpaired) electrons. The Morgan fingerprint density at radius 3 is 2.71 bits per heavy atom. The third kappa shape index (κ3) is 4.53. The fourth-order valence-corrected chi connectivity index (χ4v) is 6.44. The molecule has 38 heavy (non-hydrogen) atoms. The molecule has 2 saturated heterocycles. The van der Waals surface area contributed by atoms with Gasteiger partial charge >= 0.3 is 0 Å². The zero-order valence-electron chi connectivity index (χ0n) is 22.3. The number of rotatable bonds is 7. The van der Waals surface area contributed by atoms with Gasteiger partial charge in [0.15, 0.2) is 0 Å². The first-order chi connectivity index (χ1) is 18.3. The second-order valence-electron chi connectivity index (χ2n) is 11.6. The number of nitrogens with one attached hydrogen (secondary N) is 1. The smallest absolute Gasteiger partial charge is 0.296 e. The van der Waals surface area contributed by atoms with Crippen molar-refractivity contribution < 1.29 is 14.1 Å². The summed E-state index contributed by atoms with van der Waals surface area (Å²) in [6.07, 6.45) is 6.79. The number of fused-ring (bicyclic) bond motifs is 1. The molecule has 2 aromatic heterocycles. The lowest BCUT2D eigenvalue weighted by molar-refractivity contribution is -0.125. The van der Waals surface area contributed by atoms with Gasteiger partial charge in [-0.05, 0) is 80.3 Å². The van der Waals surface area contributed by atoms with Gasteiger partial charge in [-0.2, -0.15) is 0 Å². The maximum atomic E-state index is 13.1. The zero-order valence-corrected chi connectivity index (χ0v) is 22.3. The number of aromatic nitrogens is 3. The van der Waals surface area contributed by atoms with Crippen molar-refractivity contribution >= 4 is 28.8 Å². The predicted octanol–water partition coefficient (Wildman–Crippen LogP) is 4.74. The second kappa shape index (κ2) is 9.69. The van der Waals surface area contributed by atoms with Crippen LogP contribution < -0.4 is 5.32 Å². The molecule has 1 aromatic carbocycles. The highest BCUT2D eigenvalue weighted by Gasteiger charge is 2.50. The number of likely N-dealkylation sites (tertiary alicyclic amines) is 2. The molecule has 9 nitrogen and oxygen atoms in total. The molecule has 3 aliphatic rings. The number of hydrogen-bond donors (Lipinski definition) is 1. The van der Waals surface area contributed by atoms with Crippen LogP contribution in [0.15, 0.2) is 41.4 Å². The van der Waals surface area contributed by atoms with Crippen LogP contribution in [0.2, 0.25) is 0 Å². The number of anilines is 1. The Morgan fingerprint density at radius 2 is 2.00 bits per heavy atom. The maximum absolute atomic E-state index is 13.1. The number of carbonyl (C=O) groups is 2. The second-order valence-corrected chi connectivity index (χ2v) is 11.6. The van der Waals surface area contributed by atoms with Crippen LogP contribution in [0.25, 0.3) is 11.0 Å². The average Bonchev–Trinajstić information content (AvgIpc) is 3.68. The summed E-state index contributed by atoms with van der Waals surface area (Å²) in [5.41, 5.74) is 4.00. The maximum Gasteiger partial charge on any atom is 0.296 e. The van der Waals surface area contributed by atoms with Crippen LogP contribution in [0.4, 0.5) is 5.95 Å². The van der Waals surface area contributed by atoms with Crippen molar-refractivity contribution in [2.24, 2.45) is 5.41 Å².